The van der Waals surface area contributed by atoms with Crippen molar-refractivity contribution in [3.63, 3.8) is 0 Å². The lowest BCUT2D eigenvalue weighted by molar-refractivity contribution is 0.0529. The Labute approximate surface area is 185 Å². The van der Waals surface area contributed by atoms with E-state index in [1.54, 1.807) is 7.05 Å². The van der Waals surface area contributed by atoms with E-state index in [0.717, 1.165) is 31.1 Å². The van der Waals surface area contributed by atoms with Gasteiger partial charge in [0.05, 0.1) is 18.5 Å². The molecule has 2 N–H and O–H groups in total. The van der Waals surface area contributed by atoms with Gasteiger partial charge in [-0.3, -0.25) is 4.99 Å². The molecule has 160 valence electrons. The van der Waals surface area contributed by atoms with Crippen LogP contribution in [-0.4, -0.2) is 70.3 Å². The summed E-state index contributed by atoms with van der Waals surface area (Å²) in [5.74, 6) is 1.76. The van der Waals surface area contributed by atoms with Gasteiger partial charge in [0.1, 0.15) is 15.7 Å². The third-order valence-electron chi connectivity index (χ3n) is 4.36. The Morgan fingerprint density at radius 3 is 2.79 bits per heavy atom. The number of guanidine groups is 1. The fourth-order valence-electron chi connectivity index (χ4n) is 2.81. The first-order valence-electron chi connectivity index (χ1n) is 9.23. The number of aliphatic imine (C=N–C) groups is 1. The van der Waals surface area contributed by atoms with Gasteiger partial charge in [0.15, 0.2) is 5.96 Å². The van der Waals surface area contributed by atoms with Crippen molar-refractivity contribution in [1.29, 1.82) is 0 Å². The highest BCUT2D eigenvalue weighted by Gasteiger charge is 2.17. The van der Waals surface area contributed by atoms with Crippen LogP contribution in [0.3, 0.4) is 0 Å². The van der Waals surface area contributed by atoms with E-state index in [4.69, 9.17) is 4.74 Å². The number of hydrogen-bond acceptors (Lipinski definition) is 6. The summed E-state index contributed by atoms with van der Waals surface area (Å²) in [5.41, 5.74) is 1.05. The van der Waals surface area contributed by atoms with E-state index in [1.165, 1.54) is 6.26 Å². The van der Waals surface area contributed by atoms with E-state index >= 15 is 0 Å². The molecule has 1 aromatic rings. The SMILES string of the molecule is CN=C(NCc1ccc(N2CCOC(C)C2)nc1)NC(C)CCS(C)(=O)=O.I. The number of halogens is 1. The number of rotatable bonds is 7. The van der Waals surface area contributed by atoms with Crippen LogP contribution in [0.25, 0.3) is 0 Å². The monoisotopic (exact) mass is 525 g/mol. The van der Waals surface area contributed by atoms with Crippen LogP contribution >= 0.6 is 24.0 Å². The van der Waals surface area contributed by atoms with Crippen LogP contribution < -0.4 is 15.5 Å². The van der Waals surface area contributed by atoms with E-state index in [0.29, 0.717) is 18.9 Å². The summed E-state index contributed by atoms with van der Waals surface area (Å²) in [4.78, 5) is 11.0. The third kappa shape index (κ3) is 8.91. The molecule has 0 aromatic carbocycles. The van der Waals surface area contributed by atoms with Crippen LogP contribution in [0.5, 0.6) is 0 Å². The van der Waals surface area contributed by atoms with Crippen molar-refractivity contribution in [2.75, 3.05) is 43.7 Å². The first kappa shape index (κ1) is 24.9. The van der Waals surface area contributed by atoms with Crippen LogP contribution in [0.1, 0.15) is 25.8 Å². The fourth-order valence-corrected chi connectivity index (χ4v) is 3.59. The number of anilines is 1. The second kappa shape index (κ2) is 11.8. The van der Waals surface area contributed by atoms with Gasteiger partial charge in [0, 0.05) is 45.2 Å². The third-order valence-corrected chi connectivity index (χ3v) is 5.34. The molecular weight excluding hydrogens is 493 g/mol. The molecule has 0 radical (unpaired) electrons. The lowest BCUT2D eigenvalue weighted by Gasteiger charge is -2.32. The van der Waals surface area contributed by atoms with Crippen molar-refractivity contribution in [2.24, 2.45) is 4.99 Å². The Bertz CT molecular complexity index is 727. The number of ether oxygens (including phenoxy) is 1. The predicted octanol–water partition coefficient (Wildman–Crippen LogP) is 1.41. The van der Waals surface area contributed by atoms with E-state index < -0.39 is 9.84 Å². The highest BCUT2D eigenvalue weighted by molar-refractivity contribution is 14.0. The minimum atomic E-state index is -2.95. The van der Waals surface area contributed by atoms with Crippen molar-refractivity contribution < 1.29 is 13.2 Å². The highest BCUT2D eigenvalue weighted by atomic mass is 127. The van der Waals surface area contributed by atoms with E-state index in [9.17, 15) is 8.42 Å². The minimum Gasteiger partial charge on any atom is -0.375 e. The summed E-state index contributed by atoms with van der Waals surface area (Å²) >= 11 is 0. The van der Waals surface area contributed by atoms with E-state index in [1.807, 2.05) is 19.2 Å². The summed E-state index contributed by atoms with van der Waals surface area (Å²) in [6.45, 7) is 7.04. The number of pyridine rings is 1. The van der Waals surface area contributed by atoms with Crippen molar-refractivity contribution in [2.45, 2.75) is 39.0 Å². The van der Waals surface area contributed by atoms with Gasteiger partial charge in [0.25, 0.3) is 0 Å². The first-order valence-corrected chi connectivity index (χ1v) is 11.3. The molecule has 0 bridgehead atoms. The molecule has 1 aromatic heterocycles. The standard InChI is InChI=1S/C18H31N5O3S.HI/c1-14(7-10-27(4,24)25)22-18(19-3)21-12-16-5-6-17(20-11-16)23-8-9-26-15(2)13-23;/h5-6,11,14-15H,7-10,12-13H2,1-4H3,(H2,19,21,22);1H. The molecule has 1 aliphatic heterocycles. The van der Waals surface area contributed by atoms with Gasteiger partial charge in [-0.05, 0) is 31.9 Å². The van der Waals surface area contributed by atoms with Gasteiger partial charge in [-0.25, -0.2) is 13.4 Å². The number of morpholine rings is 1. The highest BCUT2D eigenvalue weighted by Crippen LogP contribution is 2.15. The molecule has 2 unspecified atom stereocenters. The molecule has 28 heavy (non-hydrogen) atoms. The van der Waals surface area contributed by atoms with Gasteiger partial charge in [-0.15, -0.1) is 24.0 Å². The summed E-state index contributed by atoms with van der Waals surface area (Å²) < 4.78 is 28.1. The first-order chi connectivity index (χ1) is 12.8. The second-order valence-electron chi connectivity index (χ2n) is 7.04. The average molecular weight is 525 g/mol. The summed E-state index contributed by atoms with van der Waals surface area (Å²) in [6, 6.07) is 4.09. The van der Waals surface area contributed by atoms with E-state index in [-0.39, 0.29) is 41.9 Å². The smallest absolute Gasteiger partial charge is 0.191 e. The van der Waals surface area contributed by atoms with Crippen molar-refractivity contribution in [3.8, 4) is 0 Å². The lowest BCUT2D eigenvalue weighted by Crippen LogP contribution is -2.42. The zero-order valence-corrected chi connectivity index (χ0v) is 20.2. The molecular formula is C18H32IN5O3S. The van der Waals surface area contributed by atoms with Crippen molar-refractivity contribution >= 4 is 45.6 Å². The lowest BCUT2D eigenvalue weighted by atomic mass is 10.2. The zero-order valence-electron chi connectivity index (χ0n) is 17.0. The Morgan fingerprint density at radius 1 is 1.46 bits per heavy atom. The van der Waals surface area contributed by atoms with Crippen LogP contribution in [0.4, 0.5) is 5.82 Å². The quantitative estimate of drug-likeness (QED) is 0.316. The molecule has 0 saturated carbocycles. The molecule has 2 rings (SSSR count). The number of sulfone groups is 1. The van der Waals surface area contributed by atoms with Gasteiger partial charge in [-0.1, -0.05) is 6.07 Å². The molecule has 2 heterocycles. The molecule has 1 aliphatic rings. The maximum Gasteiger partial charge on any atom is 0.191 e. The molecule has 0 aliphatic carbocycles. The zero-order chi connectivity index (χ0) is 19.9. The molecule has 2 atom stereocenters. The molecule has 8 nitrogen and oxygen atoms in total. The maximum atomic E-state index is 11.3. The van der Waals surface area contributed by atoms with E-state index in [2.05, 4.69) is 38.5 Å². The number of aromatic nitrogens is 1. The Hall–Kier alpha value is -1.14. The largest absolute Gasteiger partial charge is 0.375 e. The molecule has 0 amide bonds. The summed E-state index contributed by atoms with van der Waals surface area (Å²) in [6.07, 6.45) is 3.87. The summed E-state index contributed by atoms with van der Waals surface area (Å²) in [7, 11) is -1.26. The Kier molecular flexibility index (Phi) is 10.5. The van der Waals surface area contributed by atoms with Crippen LogP contribution in [-0.2, 0) is 21.1 Å². The molecule has 10 heteroatoms. The number of nitrogens with zero attached hydrogens (tertiary/aromatic N) is 3. The minimum absolute atomic E-state index is 0. The molecule has 1 fully saturated rings. The van der Waals surface area contributed by atoms with Gasteiger partial charge in [0.2, 0.25) is 0 Å². The van der Waals surface area contributed by atoms with Crippen molar-refractivity contribution in [3.05, 3.63) is 23.9 Å². The second-order valence-corrected chi connectivity index (χ2v) is 9.30. The Morgan fingerprint density at radius 2 is 2.21 bits per heavy atom. The van der Waals surface area contributed by atoms with Crippen LogP contribution in [0, 0.1) is 0 Å². The fraction of sp³-hybridized carbons (Fsp3) is 0.667. The maximum absolute atomic E-state index is 11.3. The number of nitrogens with one attached hydrogen (secondary N) is 2. The summed E-state index contributed by atoms with van der Waals surface area (Å²) in [5, 5.41) is 6.44. The molecule has 0 spiro atoms. The Balaban J connectivity index is 0.00000392. The van der Waals surface area contributed by atoms with Crippen molar-refractivity contribution in [1.82, 2.24) is 15.6 Å². The predicted molar refractivity (Wildman–Crippen MR) is 124 cm³/mol. The topological polar surface area (TPSA) is 95.9 Å². The molecule has 1 saturated heterocycles. The normalized spacial score (nSPS) is 18.9. The van der Waals surface area contributed by atoms with Gasteiger partial charge < -0.3 is 20.3 Å². The van der Waals surface area contributed by atoms with Crippen LogP contribution in [0.15, 0.2) is 23.3 Å². The van der Waals surface area contributed by atoms with Gasteiger partial charge >= 0.3 is 0 Å². The van der Waals surface area contributed by atoms with Gasteiger partial charge in [-0.2, -0.15) is 0 Å². The average Bonchev–Trinajstić information content (AvgIpc) is 2.63. The number of hydrogen-bond donors (Lipinski definition) is 2. The van der Waals surface area contributed by atoms with Crippen LogP contribution in [0.2, 0.25) is 0 Å².